The summed E-state index contributed by atoms with van der Waals surface area (Å²) in [6, 6.07) is 8.15. The van der Waals surface area contributed by atoms with E-state index < -0.39 is 0 Å². The minimum atomic E-state index is 0.00505. The van der Waals surface area contributed by atoms with Gasteiger partial charge in [-0.25, -0.2) is 0 Å². The number of hydrogen-bond donors (Lipinski definition) is 1. The van der Waals surface area contributed by atoms with Crippen molar-refractivity contribution in [2.45, 2.75) is 33.3 Å². The summed E-state index contributed by atoms with van der Waals surface area (Å²) in [4.78, 5) is 0. The van der Waals surface area contributed by atoms with Crippen LogP contribution < -0.4 is 5.73 Å². The standard InChI is InChI=1S/C14H22BrNO/c1-14(2,3)8-9-17-13(10-16)11-4-6-12(15)7-5-11/h4-7,13H,8-10,16H2,1-3H3. The van der Waals surface area contributed by atoms with Crippen LogP contribution in [0.25, 0.3) is 0 Å². The molecule has 2 nitrogen and oxygen atoms in total. The monoisotopic (exact) mass is 299 g/mol. The summed E-state index contributed by atoms with van der Waals surface area (Å²) in [5.74, 6) is 0. The summed E-state index contributed by atoms with van der Waals surface area (Å²) >= 11 is 3.42. The number of benzene rings is 1. The summed E-state index contributed by atoms with van der Waals surface area (Å²) in [5, 5.41) is 0. The third kappa shape index (κ3) is 5.66. The van der Waals surface area contributed by atoms with Crippen LogP contribution >= 0.6 is 15.9 Å². The van der Waals surface area contributed by atoms with Crippen molar-refractivity contribution >= 4 is 15.9 Å². The zero-order chi connectivity index (χ0) is 12.9. The average molecular weight is 300 g/mol. The Morgan fingerprint density at radius 1 is 1.24 bits per heavy atom. The van der Waals surface area contributed by atoms with E-state index in [0.717, 1.165) is 23.1 Å². The largest absolute Gasteiger partial charge is 0.372 e. The van der Waals surface area contributed by atoms with Gasteiger partial charge in [-0.2, -0.15) is 0 Å². The molecule has 0 aliphatic carbocycles. The molecule has 0 saturated heterocycles. The van der Waals surface area contributed by atoms with Crippen LogP contribution in [0.1, 0.15) is 38.9 Å². The van der Waals surface area contributed by atoms with Gasteiger partial charge in [0, 0.05) is 17.6 Å². The van der Waals surface area contributed by atoms with Crippen molar-refractivity contribution in [1.29, 1.82) is 0 Å². The van der Waals surface area contributed by atoms with E-state index in [1.807, 2.05) is 12.1 Å². The molecule has 0 fully saturated rings. The van der Waals surface area contributed by atoms with Gasteiger partial charge in [-0.3, -0.25) is 0 Å². The molecule has 1 atom stereocenters. The zero-order valence-corrected chi connectivity index (χ0v) is 12.5. The minimum Gasteiger partial charge on any atom is -0.372 e. The third-order valence-corrected chi connectivity index (χ3v) is 3.16. The van der Waals surface area contributed by atoms with Gasteiger partial charge in [0.2, 0.25) is 0 Å². The lowest BCUT2D eigenvalue weighted by Gasteiger charge is -2.21. The normalized spacial score (nSPS) is 13.7. The first-order valence-electron chi connectivity index (χ1n) is 5.99. The predicted octanol–water partition coefficient (Wildman–Crippen LogP) is 3.90. The van der Waals surface area contributed by atoms with Crippen molar-refractivity contribution < 1.29 is 4.74 Å². The van der Waals surface area contributed by atoms with Crippen molar-refractivity contribution in [3.63, 3.8) is 0 Å². The molecule has 0 aromatic heterocycles. The zero-order valence-electron chi connectivity index (χ0n) is 10.9. The van der Waals surface area contributed by atoms with Gasteiger partial charge in [0.25, 0.3) is 0 Å². The van der Waals surface area contributed by atoms with E-state index in [0.29, 0.717) is 12.0 Å². The lowest BCUT2D eigenvalue weighted by atomic mass is 9.93. The first-order valence-corrected chi connectivity index (χ1v) is 6.79. The molecule has 1 unspecified atom stereocenters. The topological polar surface area (TPSA) is 35.2 Å². The van der Waals surface area contributed by atoms with Crippen molar-refractivity contribution in [1.82, 2.24) is 0 Å². The molecule has 2 N–H and O–H groups in total. The van der Waals surface area contributed by atoms with E-state index in [-0.39, 0.29) is 6.10 Å². The molecule has 3 heteroatoms. The first kappa shape index (κ1) is 14.7. The fourth-order valence-electron chi connectivity index (χ4n) is 1.49. The van der Waals surface area contributed by atoms with E-state index >= 15 is 0 Å². The molecule has 0 spiro atoms. The lowest BCUT2D eigenvalue weighted by Crippen LogP contribution is -2.18. The molecule has 17 heavy (non-hydrogen) atoms. The van der Waals surface area contributed by atoms with Crippen LogP contribution in [0.15, 0.2) is 28.7 Å². The molecule has 1 aromatic rings. The summed E-state index contributed by atoms with van der Waals surface area (Å²) in [7, 11) is 0. The van der Waals surface area contributed by atoms with Crippen LogP contribution in [-0.2, 0) is 4.74 Å². The molecule has 0 radical (unpaired) electrons. The second kappa shape index (κ2) is 6.53. The van der Waals surface area contributed by atoms with Gasteiger partial charge < -0.3 is 10.5 Å². The Bertz CT molecular complexity index is 329. The maximum Gasteiger partial charge on any atom is 0.0947 e. The van der Waals surface area contributed by atoms with Crippen molar-refractivity contribution in [3.8, 4) is 0 Å². The summed E-state index contributed by atoms with van der Waals surface area (Å²) in [5.41, 5.74) is 7.20. The highest BCUT2D eigenvalue weighted by atomic mass is 79.9. The highest BCUT2D eigenvalue weighted by Crippen LogP contribution is 2.22. The molecular weight excluding hydrogens is 278 g/mol. The SMILES string of the molecule is CC(C)(C)CCOC(CN)c1ccc(Br)cc1. The van der Waals surface area contributed by atoms with Crippen LogP contribution in [0.4, 0.5) is 0 Å². The maximum absolute atomic E-state index is 5.85. The molecule has 96 valence electrons. The molecule has 0 aliphatic heterocycles. The van der Waals surface area contributed by atoms with E-state index in [1.54, 1.807) is 0 Å². The van der Waals surface area contributed by atoms with Crippen molar-refractivity contribution in [3.05, 3.63) is 34.3 Å². The molecule has 1 rings (SSSR count). The quantitative estimate of drug-likeness (QED) is 0.895. The highest BCUT2D eigenvalue weighted by molar-refractivity contribution is 9.10. The molecular formula is C14H22BrNO. The fourth-order valence-corrected chi connectivity index (χ4v) is 1.75. The number of halogens is 1. The second-order valence-electron chi connectivity index (χ2n) is 5.46. The number of hydrogen-bond acceptors (Lipinski definition) is 2. The van der Waals surface area contributed by atoms with Crippen LogP contribution in [-0.4, -0.2) is 13.2 Å². The van der Waals surface area contributed by atoms with Gasteiger partial charge in [0.15, 0.2) is 0 Å². The van der Waals surface area contributed by atoms with Gasteiger partial charge in [0.1, 0.15) is 0 Å². The molecule has 1 aromatic carbocycles. The van der Waals surface area contributed by atoms with Gasteiger partial charge in [-0.1, -0.05) is 48.8 Å². The Morgan fingerprint density at radius 3 is 2.29 bits per heavy atom. The second-order valence-corrected chi connectivity index (χ2v) is 6.37. The maximum atomic E-state index is 5.85. The fraction of sp³-hybridized carbons (Fsp3) is 0.571. The van der Waals surface area contributed by atoms with Crippen LogP contribution in [0.2, 0.25) is 0 Å². The Kier molecular flexibility index (Phi) is 5.63. The lowest BCUT2D eigenvalue weighted by molar-refractivity contribution is 0.0422. The summed E-state index contributed by atoms with van der Waals surface area (Å²) < 4.78 is 6.93. The van der Waals surface area contributed by atoms with Gasteiger partial charge in [-0.05, 0) is 29.5 Å². The van der Waals surface area contributed by atoms with Gasteiger partial charge >= 0.3 is 0 Å². The van der Waals surface area contributed by atoms with E-state index in [2.05, 4.69) is 48.8 Å². The Hall–Kier alpha value is -0.380. The Morgan fingerprint density at radius 2 is 1.82 bits per heavy atom. The summed E-state index contributed by atoms with van der Waals surface area (Å²) in [6.07, 6.45) is 1.05. The van der Waals surface area contributed by atoms with Gasteiger partial charge in [-0.15, -0.1) is 0 Å². The van der Waals surface area contributed by atoms with Crippen LogP contribution in [0.5, 0.6) is 0 Å². The highest BCUT2D eigenvalue weighted by Gasteiger charge is 2.13. The van der Waals surface area contributed by atoms with Crippen molar-refractivity contribution in [2.75, 3.05) is 13.2 Å². The van der Waals surface area contributed by atoms with Crippen molar-refractivity contribution in [2.24, 2.45) is 11.1 Å². The molecule has 0 heterocycles. The molecule has 0 saturated carbocycles. The van der Waals surface area contributed by atoms with Gasteiger partial charge in [0.05, 0.1) is 6.10 Å². The van der Waals surface area contributed by atoms with E-state index in [4.69, 9.17) is 10.5 Å². The third-order valence-electron chi connectivity index (χ3n) is 2.63. The first-order chi connectivity index (χ1) is 7.92. The number of rotatable bonds is 5. The summed E-state index contributed by atoms with van der Waals surface area (Å²) in [6.45, 7) is 7.92. The van der Waals surface area contributed by atoms with E-state index in [1.165, 1.54) is 0 Å². The number of nitrogens with two attached hydrogens (primary N) is 1. The minimum absolute atomic E-state index is 0.00505. The van der Waals surface area contributed by atoms with Crippen LogP contribution in [0, 0.1) is 5.41 Å². The average Bonchev–Trinajstić information content (AvgIpc) is 2.24. The Balaban J connectivity index is 2.51. The molecule has 0 amide bonds. The Labute approximate surface area is 113 Å². The predicted molar refractivity (Wildman–Crippen MR) is 76.0 cm³/mol. The molecule has 0 bridgehead atoms. The number of ether oxygens (including phenoxy) is 1. The smallest absolute Gasteiger partial charge is 0.0947 e. The van der Waals surface area contributed by atoms with Crippen LogP contribution in [0.3, 0.4) is 0 Å². The molecule has 0 aliphatic rings. The van der Waals surface area contributed by atoms with E-state index in [9.17, 15) is 0 Å².